The Morgan fingerprint density at radius 2 is 2.05 bits per heavy atom. The monoisotopic (exact) mass is 302 g/mol. The molecule has 0 saturated heterocycles. The molecule has 1 aromatic carbocycles. The van der Waals surface area contributed by atoms with Crippen LogP contribution in [0.3, 0.4) is 0 Å². The molecule has 0 radical (unpaired) electrons. The Hall–Kier alpha value is -2.15. The van der Waals surface area contributed by atoms with Crippen LogP contribution in [0.25, 0.3) is 0 Å². The number of halogens is 2. The summed E-state index contributed by atoms with van der Waals surface area (Å²) in [7, 11) is 0. The molecule has 8 heteroatoms. The van der Waals surface area contributed by atoms with Gasteiger partial charge in [-0.15, -0.1) is 0 Å². The fourth-order valence-corrected chi connectivity index (χ4v) is 1.40. The van der Waals surface area contributed by atoms with Gasteiger partial charge in [0.05, 0.1) is 5.56 Å². The predicted molar refractivity (Wildman–Crippen MR) is 68.9 cm³/mol. The molecule has 1 rings (SSSR count). The SMILES string of the molecule is CCNC(=O)NC(=O)COC(=O)c1cc(Cl)ccc1F. The Morgan fingerprint density at radius 1 is 1.35 bits per heavy atom. The third kappa shape index (κ3) is 4.85. The number of rotatable bonds is 4. The highest BCUT2D eigenvalue weighted by molar-refractivity contribution is 6.30. The van der Waals surface area contributed by atoms with Crippen molar-refractivity contribution in [1.82, 2.24) is 10.6 Å². The molecule has 0 fully saturated rings. The molecular weight excluding hydrogens is 291 g/mol. The number of urea groups is 1. The van der Waals surface area contributed by atoms with Gasteiger partial charge in [0.15, 0.2) is 6.61 Å². The van der Waals surface area contributed by atoms with E-state index in [9.17, 15) is 18.8 Å². The number of carbonyl (C=O) groups excluding carboxylic acids is 3. The van der Waals surface area contributed by atoms with Crippen molar-refractivity contribution in [2.45, 2.75) is 6.92 Å². The van der Waals surface area contributed by atoms with Crippen LogP contribution in [0.4, 0.5) is 9.18 Å². The lowest BCUT2D eigenvalue weighted by molar-refractivity contribution is -0.123. The maximum absolute atomic E-state index is 13.3. The lowest BCUT2D eigenvalue weighted by Crippen LogP contribution is -2.41. The molecule has 0 aliphatic carbocycles. The Bertz CT molecular complexity index is 536. The highest BCUT2D eigenvalue weighted by Crippen LogP contribution is 2.15. The molecule has 6 nitrogen and oxygen atoms in total. The minimum Gasteiger partial charge on any atom is -0.452 e. The third-order valence-corrected chi connectivity index (χ3v) is 2.31. The van der Waals surface area contributed by atoms with E-state index < -0.39 is 30.3 Å². The third-order valence-electron chi connectivity index (χ3n) is 2.07. The van der Waals surface area contributed by atoms with E-state index in [2.05, 4.69) is 10.1 Å². The molecule has 0 aromatic heterocycles. The smallest absolute Gasteiger partial charge is 0.341 e. The van der Waals surface area contributed by atoms with E-state index in [4.69, 9.17) is 11.6 Å². The van der Waals surface area contributed by atoms with E-state index in [1.54, 1.807) is 6.92 Å². The lowest BCUT2D eigenvalue weighted by Gasteiger charge is -2.07. The Kier molecular flexibility index (Phi) is 5.92. The van der Waals surface area contributed by atoms with Gasteiger partial charge in [0, 0.05) is 11.6 Å². The van der Waals surface area contributed by atoms with E-state index in [0.29, 0.717) is 6.54 Å². The zero-order valence-electron chi connectivity index (χ0n) is 10.5. The molecule has 2 N–H and O–H groups in total. The molecular formula is C12H12ClFN2O4. The number of nitrogens with one attached hydrogen (secondary N) is 2. The molecule has 3 amide bonds. The van der Waals surface area contributed by atoms with Gasteiger partial charge in [-0.3, -0.25) is 10.1 Å². The molecule has 20 heavy (non-hydrogen) atoms. The average molecular weight is 303 g/mol. The molecule has 0 aliphatic rings. The number of benzene rings is 1. The second-order valence-corrected chi connectivity index (χ2v) is 4.04. The van der Waals surface area contributed by atoms with Gasteiger partial charge in [-0.2, -0.15) is 0 Å². The van der Waals surface area contributed by atoms with Gasteiger partial charge in [0.25, 0.3) is 5.91 Å². The van der Waals surface area contributed by atoms with E-state index >= 15 is 0 Å². The molecule has 1 aromatic rings. The highest BCUT2D eigenvalue weighted by Gasteiger charge is 2.16. The van der Waals surface area contributed by atoms with Crippen LogP contribution in [0.1, 0.15) is 17.3 Å². The van der Waals surface area contributed by atoms with Crippen molar-refractivity contribution in [3.8, 4) is 0 Å². The maximum Gasteiger partial charge on any atom is 0.341 e. The largest absolute Gasteiger partial charge is 0.452 e. The first kappa shape index (κ1) is 15.9. The number of carbonyl (C=O) groups is 3. The normalized spacial score (nSPS) is 9.75. The molecule has 0 saturated carbocycles. The fourth-order valence-electron chi connectivity index (χ4n) is 1.23. The summed E-state index contributed by atoms with van der Waals surface area (Å²) in [5.41, 5.74) is -0.386. The first-order chi connectivity index (χ1) is 9.43. The van der Waals surface area contributed by atoms with Crippen LogP contribution in [0, 0.1) is 5.82 Å². The summed E-state index contributed by atoms with van der Waals surface area (Å²) in [4.78, 5) is 33.8. The highest BCUT2D eigenvalue weighted by atomic mass is 35.5. The number of esters is 1. The van der Waals surface area contributed by atoms with Crippen molar-refractivity contribution in [2.24, 2.45) is 0 Å². The lowest BCUT2D eigenvalue weighted by atomic mass is 10.2. The van der Waals surface area contributed by atoms with Crippen LogP contribution >= 0.6 is 11.6 Å². The molecule has 0 spiro atoms. The minimum absolute atomic E-state index is 0.158. The summed E-state index contributed by atoms with van der Waals surface area (Å²) in [6, 6.07) is 2.66. The summed E-state index contributed by atoms with van der Waals surface area (Å²) >= 11 is 5.62. The summed E-state index contributed by atoms with van der Waals surface area (Å²) < 4.78 is 17.9. The van der Waals surface area contributed by atoms with Crippen LogP contribution in [0.2, 0.25) is 5.02 Å². The summed E-state index contributed by atoms with van der Waals surface area (Å²) in [6.45, 7) is 1.31. The fraction of sp³-hybridized carbons (Fsp3) is 0.250. The summed E-state index contributed by atoms with van der Waals surface area (Å²) in [5, 5.41) is 4.41. The van der Waals surface area contributed by atoms with Gasteiger partial charge < -0.3 is 10.1 Å². The standard InChI is InChI=1S/C12H12ClFN2O4/c1-2-15-12(19)16-10(17)6-20-11(18)8-5-7(13)3-4-9(8)14/h3-5H,2,6H2,1H3,(H2,15,16,17,19). The maximum atomic E-state index is 13.3. The van der Waals surface area contributed by atoms with Gasteiger partial charge >= 0.3 is 12.0 Å². The van der Waals surface area contributed by atoms with Gasteiger partial charge in [-0.05, 0) is 25.1 Å². The molecule has 0 heterocycles. The Balaban J connectivity index is 2.53. The van der Waals surface area contributed by atoms with Crippen molar-refractivity contribution in [2.75, 3.05) is 13.2 Å². The Morgan fingerprint density at radius 3 is 2.70 bits per heavy atom. The molecule has 0 aliphatic heterocycles. The van der Waals surface area contributed by atoms with Gasteiger partial charge in [0.1, 0.15) is 5.82 Å². The van der Waals surface area contributed by atoms with Gasteiger partial charge in [-0.1, -0.05) is 11.6 Å². The van der Waals surface area contributed by atoms with E-state index in [1.165, 1.54) is 6.07 Å². The van der Waals surface area contributed by atoms with Crippen molar-refractivity contribution < 1.29 is 23.5 Å². The van der Waals surface area contributed by atoms with Crippen molar-refractivity contribution >= 4 is 29.5 Å². The van der Waals surface area contributed by atoms with Crippen molar-refractivity contribution in [3.05, 3.63) is 34.6 Å². The van der Waals surface area contributed by atoms with E-state index in [-0.39, 0.29) is 10.6 Å². The van der Waals surface area contributed by atoms with Gasteiger partial charge in [0.2, 0.25) is 0 Å². The molecule has 0 unspecified atom stereocenters. The molecule has 0 bridgehead atoms. The zero-order valence-corrected chi connectivity index (χ0v) is 11.3. The van der Waals surface area contributed by atoms with Crippen molar-refractivity contribution in [1.29, 1.82) is 0 Å². The van der Waals surface area contributed by atoms with Crippen LogP contribution in [-0.2, 0) is 9.53 Å². The first-order valence-electron chi connectivity index (χ1n) is 5.64. The zero-order chi connectivity index (χ0) is 15.1. The number of ether oxygens (including phenoxy) is 1. The summed E-state index contributed by atoms with van der Waals surface area (Å²) in [6.07, 6.45) is 0. The minimum atomic E-state index is -1.05. The van der Waals surface area contributed by atoms with Crippen molar-refractivity contribution in [3.63, 3.8) is 0 Å². The number of hydrogen-bond donors (Lipinski definition) is 2. The second-order valence-electron chi connectivity index (χ2n) is 3.61. The van der Waals surface area contributed by atoms with E-state index in [0.717, 1.165) is 12.1 Å². The Labute approximate surface area is 119 Å². The topological polar surface area (TPSA) is 84.5 Å². The summed E-state index contributed by atoms with van der Waals surface area (Å²) in [5.74, 6) is -2.69. The second kappa shape index (κ2) is 7.44. The van der Waals surface area contributed by atoms with Crippen LogP contribution in [0.15, 0.2) is 18.2 Å². The predicted octanol–water partition coefficient (Wildman–Crippen LogP) is 1.48. The average Bonchev–Trinajstić information content (AvgIpc) is 2.39. The number of imide groups is 1. The van der Waals surface area contributed by atoms with Crippen LogP contribution in [0.5, 0.6) is 0 Å². The van der Waals surface area contributed by atoms with Crippen LogP contribution < -0.4 is 10.6 Å². The molecule has 0 atom stereocenters. The molecule has 108 valence electrons. The number of amides is 3. The van der Waals surface area contributed by atoms with Crippen LogP contribution in [-0.4, -0.2) is 31.1 Å². The first-order valence-corrected chi connectivity index (χ1v) is 6.01. The van der Waals surface area contributed by atoms with E-state index in [1.807, 2.05) is 5.32 Å². The quantitative estimate of drug-likeness (QED) is 0.825. The number of hydrogen-bond acceptors (Lipinski definition) is 4. The van der Waals surface area contributed by atoms with Gasteiger partial charge in [-0.25, -0.2) is 14.0 Å².